The van der Waals surface area contributed by atoms with Crippen molar-refractivity contribution in [3.05, 3.63) is 16.3 Å². The molecule has 114 valence electrons. The van der Waals surface area contributed by atoms with Gasteiger partial charge in [0, 0.05) is 18.0 Å². The first kappa shape index (κ1) is 15.9. The molecule has 1 aromatic heterocycles. The van der Waals surface area contributed by atoms with Crippen molar-refractivity contribution in [3.8, 4) is 0 Å². The van der Waals surface area contributed by atoms with Crippen molar-refractivity contribution >= 4 is 21.4 Å². The third-order valence-electron chi connectivity index (χ3n) is 4.03. The van der Waals surface area contributed by atoms with Crippen LogP contribution < -0.4 is 10.0 Å². The summed E-state index contributed by atoms with van der Waals surface area (Å²) in [5.74, 6) is 1.29. The standard InChI is InChI=1S/C14H24N2O2S2/c1-11-3-5-12(6-4-11)9-16-20(17,18)14-7-8-19-13(14)10-15-2/h7-8,11-12,15-16H,3-6,9-10H2,1-2H3. The van der Waals surface area contributed by atoms with E-state index in [1.807, 2.05) is 12.4 Å². The Labute approximate surface area is 126 Å². The lowest BCUT2D eigenvalue weighted by atomic mass is 9.83. The SMILES string of the molecule is CNCc1sccc1S(=O)(=O)NCC1CCC(C)CC1. The molecule has 0 spiro atoms. The minimum Gasteiger partial charge on any atom is -0.315 e. The predicted molar refractivity (Wildman–Crippen MR) is 83.4 cm³/mol. The number of hydrogen-bond donors (Lipinski definition) is 2. The lowest BCUT2D eigenvalue weighted by molar-refractivity contribution is 0.290. The van der Waals surface area contributed by atoms with Gasteiger partial charge in [-0.3, -0.25) is 0 Å². The minimum absolute atomic E-state index is 0.432. The molecule has 4 nitrogen and oxygen atoms in total. The molecule has 0 radical (unpaired) electrons. The van der Waals surface area contributed by atoms with E-state index < -0.39 is 10.0 Å². The molecule has 1 fully saturated rings. The normalized spacial score (nSPS) is 23.9. The van der Waals surface area contributed by atoms with Gasteiger partial charge >= 0.3 is 0 Å². The minimum atomic E-state index is -3.36. The second kappa shape index (κ2) is 7.02. The zero-order valence-corrected chi connectivity index (χ0v) is 13.8. The smallest absolute Gasteiger partial charge is 0.241 e. The van der Waals surface area contributed by atoms with Gasteiger partial charge in [-0.2, -0.15) is 0 Å². The van der Waals surface area contributed by atoms with Crippen LogP contribution in [0.4, 0.5) is 0 Å². The third kappa shape index (κ3) is 4.04. The first-order valence-corrected chi connectivity index (χ1v) is 9.60. The van der Waals surface area contributed by atoms with E-state index in [4.69, 9.17) is 0 Å². The van der Waals surface area contributed by atoms with Crippen molar-refractivity contribution in [1.82, 2.24) is 10.0 Å². The highest BCUT2D eigenvalue weighted by Crippen LogP contribution is 2.28. The molecule has 0 bridgehead atoms. The number of thiophene rings is 1. The van der Waals surface area contributed by atoms with Gasteiger partial charge in [0.2, 0.25) is 10.0 Å². The van der Waals surface area contributed by atoms with Crippen LogP contribution >= 0.6 is 11.3 Å². The summed E-state index contributed by atoms with van der Waals surface area (Å²) in [4.78, 5) is 1.30. The van der Waals surface area contributed by atoms with Gasteiger partial charge in [0.05, 0.1) is 4.90 Å². The first-order chi connectivity index (χ1) is 9.53. The van der Waals surface area contributed by atoms with E-state index in [2.05, 4.69) is 17.0 Å². The van der Waals surface area contributed by atoms with Crippen LogP contribution in [0, 0.1) is 11.8 Å². The van der Waals surface area contributed by atoms with Crippen LogP contribution in [-0.2, 0) is 16.6 Å². The topological polar surface area (TPSA) is 58.2 Å². The Hall–Kier alpha value is -0.430. The van der Waals surface area contributed by atoms with E-state index in [0.29, 0.717) is 23.9 Å². The summed E-state index contributed by atoms with van der Waals surface area (Å²) in [6.45, 7) is 3.44. The van der Waals surface area contributed by atoms with Crippen molar-refractivity contribution in [3.63, 3.8) is 0 Å². The molecular weight excluding hydrogens is 292 g/mol. The largest absolute Gasteiger partial charge is 0.315 e. The maximum atomic E-state index is 12.4. The summed E-state index contributed by atoms with van der Waals surface area (Å²) in [6, 6.07) is 1.70. The van der Waals surface area contributed by atoms with Crippen LogP contribution in [0.25, 0.3) is 0 Å². The monoisotopic (exact) mass is 316 g/mol. The van der Waals surface area contributed by atoms with E-state index in [1.165, 1.54) is 24.2 Å². The molecule has 1 aliphatic carbocycles. The second-order valence-corrected chi connectivity index (χ2v) is 8.45. The summed E-state index contributed by atoms with van der Waals surface area (Å²) in [5.41, 5.74) is 0. The van der Waals surface area contributed by atoms with Gasteiger partial charge in [-0.15, -0.1) is 11.3 Å². The Morgan fingerprint density at radius 3 is 2.65 bits per heavy atom. The van der Waals surface area contributed by atoms with E-state index in [1.54, 1.807) is 6.07 Å². The summed E-state index contributed by atoms with van der Waals surface area (Å²) in [7, 11) is -1.54. The van der Waals surface area contributed by atoms with Crippen LogP contribution in [0.1, 0.15) is 37.5 Å². The van der Waals surface area contributed by atoms with Gasteiger partial charge in [-0.1, -0.05) is 19.8 Å². The molecule has 0 aliphatic heterocycles. The van der Waals surface area contributed by atoms with E-state index >= 15 is 0 Å². The van der Waals surface area contributed by atoms with Crippen LogP contribution in [0.2, 0.25) is 0 Å². The third-order valence-corrected chi connectivity index (χ3v) is 6.59. The maximum Gasteiger partial charge on any atom is 0.241 e. The average Bonchev–Trinajstić information content (AvgIpc) is 2.88. The van der Waals surface area contributed by atoms with Crippen LogP contribution in [0.3, 0.4) is 0 Å². The van der Waals surface area contributed by atoms with Crippen molar-refractivity contribution in [2.75, 3.05) is 13.6 Å². The van der Waals surface area contributed by atoms with E-state index in [-0.39, 0.29) is 0 Å². The van der Waals surface area contributed by atoms with E-state index in [9.17, 15) is 8.42 Å². The zero-order chi connectivity index (χ0) is 14.6. The molecule has 1 aliphatic rings. The highest BCUT2D eigenvalue weighted by atomic mass is 32.2. The number of sulfonamides is 1. The van der Waals surface area contributed by atoms with Gasteiger partial charge in [0.15, 0.2) is 0 Å². The highest BCUT2D eigenvalue weighted by molar-refractivity contribution is 7.89. The molecule has 1 saturated carbocycles. The summed E-state index contributed by atoms with van der Waals surface area (Å²) in [5, 5.41) is 4.85. The lowest BCUT2D eigenvalue weighted by Crippen LogP contribution is -2.31. The van der Waals surface area contributed by atoms with Gasteiger partial charge in [0.1, 0.15) is 0 Å². The number of rotatable bonds is 6. The molecule has 0 atom stereocenters. The van der Waals surface area contributed by atoms with E-state index in [0.717, 1.165) is 23.6 Å². The molecule has 0 aromatic carbocycles. The highest BCUT2D eigenvalue weighted by Gasteiger charge is 2.23. The van der Waals surface area contributed by atoms with Gasteiger partial charge < -0.3 is 5.32 Å². The van der Waals surface area contributed by atoms with Gasteiger partial charge in [-0.25, -0.2) is 13.1 Å². The lowest BCUT2D eigenvalue weighted by Gasteiger charge is -2.26. The molecule has 0 unspecified atom stereocenters. The number of hydrogen-bond acceptors (Lipinski definition) is 4. The molecule has 2 rings (SSSR count). The molecule has 2 N–H and O–H groups in total. The van der Waals surface area contributed by atoms with Crippen LogP contribution in [0.15, 0.2) is 16.3 Å². The first-order valence-electron chi connectivity index (χ1n) is 7.23. The average molecular weight is 316 g/mol. The number of nitrogens with one attached hydrogen (secondary N) is 2. The summed E-state index contributed by atoms with van der Waals surface area (Å²) in [6.07, 6.45) is 4.71. The second-order valence-electron chi connectivity index (χ2n) is 5.72. The van der Waals surface area contributed by atoms with Crippen molar-refractivity contribution in [2.45, 2.75) is 44.0 Å². The molecular formula is C14H24N2O2S2. The van der Waals surface area contributed by atoms with Crippen LogP contribution in [0.5, 0.6) is 0 Å². The fourth-order valence-corrected chi connectivity index (χ4v) is 5.27. The zero-order valence-electron chi connectivity index (χ0n) is 12.2. The van der Waals surface area contributed by atoms with Crippen LogP contribution in [-0.4, -0.2) is 22.0 Å². The fourth-order valence-electron chi connectivity index (χ4n) is 2.70. The molecule has 0 saturated heterocycles. The quantitative estimate of drug-likeness (QED) is 0.848. The maximum absolute atomic E-state index is 12.4. The molecule has 20 heavy (non-hydrogen) atoms. The van der Waals surface area contributed by atoms with Crippen molar-refractivity contribution < 1.29 is 8.42 Å². The predicted octanol–water partition coefficient (Wildman–Crippen LogP) is 2.57. The van der Waals surface area contributed by atoms with Gasteiger partial charge in [-0.05, 0) is 43.2 Å². The molecule has 1 aromatic rings. The van der Waals surface area contributed by atoms with Crippen molar-refractivity contribution in [2.24, 2.45) is 11.8 Å². The molecule has 1 heterocycles. The molecule has 6 heteroatoms. The Bertz CT molecular complexity index is 517. The Kier molecular flexibility index (Phi) is 5.60. The Morgan fingerprint density at radius 2 is 2.00 bits per heavy atom. The van der Waals surface area contributed by atoms with Crippen molar-refractivity contribution in [1.29, 1.82) is 0 Å². The summed E-state index contributed by atoms with van der Waals surface area (Å²) < 4.78 is 27.5. The fraction of sp³-hybridized carbons (Fsp3) is 0.714. The molecule has 0 amide bonds. The Morgan fingerprint density at radius 1 is 1.30 bits per heavy atom. The Balaban J connectivity index is 1.95. The summed E-state index contributed by atoms with van der Waals surface area (Å²) >= 11 is 1.48. The van der Waals surface area contributed by atoms with Gasteiger partial charge in [0.25, 0.3) is 0 Å².